The topological polar surface area (TPSA) is 92.7 Å². The average Bonchev–Trinajstić information content (AvgIpc) is 2.55. The Hall–Kier alpha value is -2.38. The summed E-state index contributed by atoms with van der Waals surface area (Å²) < 4.78 is 32.9. The molecule has 0 aliphatic heterocycles. The van der Waals surface area contributed by atoms with E-state index < -0.39 is 22.0 Å². The summed E-state index contributed by atoms with van der Waals surface area (Å²) in [6.07, 6.45) is -0.362. The number of aryl methyl sites for hydroxylation is 1. The summed E-state index contributed by atoms with van der Waals surface area (Å²) in [6, 6.07) is 12.2. The maximum absolute atomic E-state index is 12.5. The number of rotatable bonds is 8. The molecule has 0 radical (unpaired) electrons. The lowest BCUT2D eigenvalue weighted by atomic mass is 10.0. The number of hydrogen-bond acceptors (Lipinski definition) is 4. The van der Waals surface area contributed by atoms with Gasteiger partial charge in [-0.1, -0.05) is 29.8 Å². The maximum Gasteiger partial charge on any atom is 0.305 e. The highest BCUT2D eigenvalue weighted by molar-refractivity contribution is 7.89. The molecule has 2 aromatic carbocycles. The van der Waals surface area contributed by atoms with Gasteiger partial charge in [0.15, 0.2) is 0 Å². The fraction of sp³-hybridized carbons (Fsp3) is 0.278. The first-order valence-corrected chi connectivity index (χ1v) is 9.33. The zero-order valence-corrected chi connectivity index (χ0v) is 14.9. The fourth-order valence-electron chi connectivity index (χ4n) is 2.34. The minimum atomic E-state index is -3.83. The minimum absolute atomic E-state index is 0.0967. The molecule has 0 aromatic heterocycles. The Kier molecular flexibility index (Phi) is 6.17. The fourth-order valence-corrected chi connectivity index (χ4v) is 3.56. The molecule has 0 spiro atoms. The van der Waals surface area contributed by atoms with Crippen LogP contribution in [0.3, 0.4) is 0 Å². The van der Waals surface area contributed by atoms with Crippen LogP contribution in [0.25, 0.3) is 0 Å². The van der Waals surface area contributed by atoms with E-state index in [2.05, 4.69) is 4.72 Å². The third-order valence-electron chi connectivity index (χ3n) is 3.60. The second-order valence-electron chi connectivity index (χ2n) is 5.59. The molecule has 2 N–H and O–H groups in total. The van der Waals surface area contributed by atoms with Crippen molar-refractivity contribution in [1.82, 2.24) is 4.72 Å². The molecule has 0 fully saturated rings. The number of nitrogens with one attached hydrogen (secondary N) is 1. The van der Waals surface area contributed by atoms with Gasteiger partial charge in [0.05, 0.1) is 24.0 Å². The maximum atomic E-state index is 12.5. The number of aliphatic carboxylic acids is 1. The summed E-state index contributed by atoms with van der Waals surface area (Å²) in [5, 5.41) is 9.13. The molecular formula is C18H21NO5S. The molecule has 7 heteroatoms. The summed E-state index contributed by atoms with van der Waals surface area (Å²) in [5.41, 5.74) is 1.49. The number of sulfonamides is 1. The van der Waals surface area contributed by atoms with Gasteiger partial charge < -0.3 is 9.84 Å². The van der Waals surface area contributed by atoms with Gasteiger partial charge in [-0.2, -0.15) is 0 Å². The number of carbonyl (C=O) groups is 1. The van der Waals surface area contributed by atoms with Gasteiger partial charge in [0.2, 0.25) is 10.0 Å². The van der Waals surface area contributed by atoms with Crippen LogP contribution in [0, 0.1) is 6.92 Å². The molecule has 1 atom stereocenters. The van der Waals surface area contributed by atoms with Gasteiger partial charge in [0, 0.05) is 0 Å². The first-order valence-electron chi connectivity index (χ1n) is 7.85. The number of carboxylic acid groups (broad SMARTS) is 1. The SMILES string of the molecule is CCOc1ccc(C(CC(=O)O)NS(=O)(=O)c2ccc(C)cc2)cc1. The third kappa shape index (κ3) is 5.30. The number of ether oxygens (including phenoxy) is 1. The molecule has 0 aliphatic rings. The highest BCUT2D eigenvalue weighted by atomic mass is 32.2. The Morgan fingerprint density at radius 3 is 2.24 bits per heavy atom. The molecule has 6 nitrogen and oxygen atoms in total. The van der Waals surface area contributed by atoms with Crippen LogP contribution in [0.15, 0.2) is 53.4 Å². The lowest BCUT2D eigenvalue weighted by Crippen LogP contribution is -2.30. The van der Waals surface area contributed by atoms with Gasteiger partial charge in [-0.25, -0.2) is 13.1 Å². The molecule has 2 aromatic rings. The second kappa shape index (κ2) is 8.13. The van der Waals surface area contributed by atoms with E-state index >= 15 is 0 Å². The predicted octanol–water partition coefficient (Wildman–Crippen LogP) is 2.89. The Balaban J connectivity index is 2.27. The van der Waals surface area contributed by atoms with Gasteiger partial charge in [0.25, 0.3) is 0 Å². The Labute approximate surface area is 147 Å². The van der Waals surface area contributed by atoms with Crippen LogP contribution in [0.5, 0.6) is 5.75 Å². The number of hydrogen-bond donors (Lipinski definition) is 2. The van der Waals surface area contributed by atoms with Crippen molar-refractivity contribution < 1.29 is 23.1 Å². The van der Waals surface area contributed by atoms with E-state index in [9.17, 15) is 13.2 Å². The highest BCUT2D eigenvalue weighted by Gasteiger charge is 2.23. The molecule has 1 unspecified atom stereocenters. The van der Waals surface area contributed by atoms with Crippen LogP contribution in [0.1, 0.15) is 30.5 Å². The van der Waals surface area contributed by atoms with Crippen molar-refractivity contribution in [1.29, 1.82) is 0 Å². The van der Waals surface area contributed by atoms with Crippen molar-refractivity contribution in [3.05, 3.63) is 59.7 Å². The lowest BCUT2D eigenvalue weighted by molar-refractivity contribution is -0.137. The van der Waals surface area contributed by atoms with Crippen molar-refractivity contribution in [3.63, 3.8) is 0 Å². The van der Waals surface area contributed by atoms with Crippen LogP contribution in [0.2, 0.25) is 0 Å². The van der Waals surface area contributed by atoms with E-state index in [1.807, 2.05) is 13.8 Å². The van der Waals surface area contributed by atoms with Crippen LogP contribution >= 0.6 is 0 Å². The van der Waals surface area contributed by atoms with Gasteiger partial charge in [-0.3, -0.25) is 4.79 Å². The van der Waals surface area contributed by atoms with Gasteiger partial charge >= 0.3 is 5.97 Å². The van der Waals surface area contributed by atoms with Crippen LogP contribution < -0.4 is 9.46 Å². The van der Waals surface area contributed by atoms with Crippen molar-refractivity contribution in [2.45, 2.75) is 31.2 Å². The zero-order chi connectivity index (χ0) is 18.4. The molecule has 0 amide bonds. The van der Waals surface area contributed by atoms with Crippen molar-refractivity contribution >= 4 is 16.0 Å². The number of benzene rings is 2. The van der Waals surface area contributed by atoms with Crippen LogP contribution in [0.4, 0.5) is 0 Å². The summed E-state index contributed by atoms with van der Waals surface area (Å²) in [7, 11) is -3.83. The standard InChI is InChI=1S/C18H21NO5S/c1-3-24-15-8-6-14(7-9-15)17(12-18(20)21)19-25(22,23)16-10-4-13(2)5-11-16/h4-11,17,19H,3,12H2,1-2H3,(H,20,21). The zero-order valence-electron chi connectivity index (χ0n) is 14.1. The molecule has 25 heavy (non-hydrogen) atoms. The molecule has 0 saturated carbocycles. The van der Waals surface area contributed by atoms with Crippen LogP contribution in [-0.4, -0.2) is 26.1 Å². The number of carboxylic acids is 1. The van der Waals surface area contributed by atoms with Gasteiger partial charge in [0.1, 0.15) is 5.75 Å². The monoisotopic (exact) mass is 363 g/mol. The largest absolute Gasteiger partial charge is 0.494 e. The summed E-state index contributed by atoms with van der Waals surface area (Å²) in [4.78, 5) is 11.3. The first-order chi connectivity index (χ1) is 11.8. The smallest absolute Gasteiger partial charge is 0.305 e. The highest BCUT2D eigenvalue weighted by Crippen LogP contribution is 2.23. The van der Waals surface area contributed by atoms with E-state index in [0.717, 1.165) is 5.56 Å². The van der Waals surface area contributed by atoms with E-state index in [1.165, 1.54) is 12.1 Å². The molecule has 0 heterocycles. The quantitative estimate of drug-likeness (QED) is 0.752. The second-order valence-corrected chi connectivity index (χ2v) is 7.30. The molecular weight excluding hydrogens is 342 g/mol. The third-order valence-corrected chi connectivity index (χ3v) is 5.09. The molecule has 0 aliphatic carbocycles. The minimum Gasteiger partial charge on any atom is -0.494 e. The molecule has 2 rings (SSSR count). The molecule has 0 saturated heterocycles. The normalized spacial score (nSPS) is 12.6. The van der Waals surface area contributed by atoms with Gasteiger partial charge in [-0.15, -0.1) is 0 Å². The summed E-state index contributed by atoms with van der Waals surface area (Å²) in [5.74, 6) is -0.452. The Morgan fingerprint density at radius 2 is 1.72 bits per heavy atom. The summed E-state index contributed by atoms with van der Waals surface area (Å²) in [6.45, 7) is 4.23. The van der Waals surface area contributed by atoms with Crippen molar-refractivity contribution in [3.8, 4) is 5.75 Å². The van der Waals surface area contributed by atoms with Crippen molar-refractivity contribution in [2.24, 2.45) is 0 Å². The predicted molar refractivity (Wildman–Crippen MR) is 94.1 cm³/mol. The van der Waals surface area contributed by atoms with Crippen LogP contribution in [-0.2, 0) is 14.8 Å². The van der Waals surface area contributed by atoms with E-state index in [1.54, 1.807) is 36.4 Å². The van der Waals surface area contributed by atoms with Gasteiger partial charge in [-0.05, 0) is 43.7 Å². The Bertz CT molecular complexity index is 814. The average molecular weight is 363 g/mol. The van der Waals surface area contributed by atoms with E-state index in [4.69, 9.17) is 9.84 Å². The first kappa shape index (κ1) is 19.0. The van der Waals surface area contributed by atoms with E-state index in [0.29, 0.717) is 17.9 Å². The Morgan fingerprint density at radius 1 is 1.12 bits per heavy atom. The molecule has 0 bridgehead atoms. The molecule has 134 valence electrons. The van der Waals surface area contributed by atoms with Crippen molar-refractivity contribution in [2.75, 3.05) is 6.61 Å². The summed E-state index contributed by atoms with van der Waals surface area (Å²) >= 11 is 0. The van der Waals surface area contributed by atoms with E-state index in [-0.39, 0.29) is 11.3 Å². The lowest BCUT2D eigenvalue weighted by Gasteiger charge is -2.18.